The minimum absolute atomic E-state index is 0.0659. The van der Waals surface area contributed by atoms with Crippen molar-refractivity contribution in [2.75, 3.05) is 11.4 Å². The maximum Gasteiger partial charge on any atom is 0.415 e. The standard InChI is InChI=1S/C29H41NO4/c1-6-15-29(16-7-2)23-10-8-9-11-24(23)30(27(33)34-29)19-18-28(4,5)17-14-26(32)22-12-13-25(31)21(3)20-22/h8-13,20,26,31-32H,6-7,14-19H2,1-5H3. The van der Waals surface area contributed by atoms with E-state index in [-0.39, 0.29) is 17.3 Å². The number of para-hydroxylation sites is 1. The van der Waals surface area contributed by atoms with Crippen molar-refractivity contribution in [2.45, 2.75) is 91.3 Å². The van der Waals surface area contributed by atoms with Gasteiger partial charge in [0, 0.05) is 12.1 Å². The van der Waals surface area contributed by atoms with Crippen LogP contribution in [-0.2, 0) is 10.3 Å². The maximum atomic E-state index is 13.2. The summed E-state index contributed by atoms with van der Waals surface area (Å²) >= 11 is 0. The summed E-state index contributed by atoms with van der Waals surface area (Å²) in [4.78, 5) is 15.0. The molecule has 1 unspecified atom stereocenters. The molecule has 0 fully saturated rings. The van der Waals surface area contributed by atoms with Gasteiger partial charge in [-0.1, -0.05) is 64.8 Å². The van der Waals surface area contributed by atoms with Crippen LogP contribution in [0.15, 0.2) is 42.5 Å². The molecular weight excluding hydrogens is 426 g/mol. The van der Waals surface area contributed by atoms with Gasteiger partial charge in [0.05, 0.1) is 11.8 Å². The molecule has 0 aliphatic carbocycles. The first kappa shape index (κ1) is 26.1. The zero-order valence-electron chi connectivity index (χ0n) is 21.4. The fourth-order valence-corrected chi connectivity index (χ4v) is 5.11. The molecule has 1 atom stereocenters. The summed E-state index contributed by atoms with van der Waals surface area (Å²) in [6.45, 7) is 11.0. The molecule has 3 rings (SSSR count). The summed E-state index contributed by atoms with van der Waals surface area (Å²) in [7, 11) is 0. The zero-order valence-corrected chi connectivity index (χ0v) is 21.4. The third-order valence-electron chi connectivity index (χ3n) is 7.21. The number of fused-ring (bicyclic) bond motifs is 1. The van der Waals surface area contributed by atoms with Crippen molar-refractivity contribution in [3.8, 4) is 5.75 Å². The highest BCUT2D eigenvalue weighted by atomic mass is 16.6. The van der Waals surface area contributed by atoms with Gasteiger partial charge in [-0.3, -0.25) is 4.90 Å². The minimum Gasteiger partial charge on any atom is -0.508 e. The lowest BCUT2D eigenvalue weighted by atomic mass is 9.81. The Kier molecular flexibility index (Phi) is 8.29. The molecule has 0 radical (unpaired) electrons. The quantitative estimate of drug-likeness (QED) is 0.362. The van der Waals surface area contributed by atoms with Crippen molar-refractivity contribution in [3.05, 3.63) is 59.2 Å². The molecule has 1 heterocycles. The Morgan fingerprint density at radius 1 is 1.06 bits per heavy atom. The Hall–Kier alpha value is -2.53. The molecule has 0 aromatic heterocycles. The van der Waals surface area contributed by atoms with Crippen LogP contribution in [0.2, 0.25) is 0 Å². The highest BCUT2D eigenvalue weighted by Crippen LogP contribution is 2.45. The maximum absolute atomic E-state index is 13.2. The third kappa shape index (κ3) is 5.75. The smallest absolute Gasteiger partial charge is 0.415 e. The van der Waals surface area contributed by atoms with Crippen molar-refractivity contribution in [3.63, 3.8) is 0 Å². The largest absolute Gasteiger partial charge is 0.508 e. The van der Waals surface area contributed by atoms with E-state index >= 15 is 0 Å². The molecule has 0 saturated heterocycles. The topological polar surface area (TPSA) is 70.0 Å². The summed E-state index contributed by atoms with van der Waals surface area (Å²) in [5.41, 5.74) is 3.08. The van der Waals surface area contributed by atoms with Crippen molar-refractivity contribution in [2.24, 2.45) is 5.41 Å². The summed E-state index contributed by atoms with van der Waals surface area (Å²) in [5, 5.41) is 20.4. The lowest BCUT2D eigenvalue weighted by Gasteiger charge is -2.43. The number of aryl methyl sites for hydroxylation is 1. The predicted molar refractivity (Wildman–Crippen MR) is 137 cm³/mol. The monoisotopic (exact) mass is 467 g/mol. The average Bonchev–Trinajstić information content (AvgIpc) is 2.79. The number of hydrogen-bond donors (Lipinski definition) is 2. The molecule has 1 amide bonds. The molecule has 2 aromatic rings. The van der Waals surface area contributed by atoms with Crippen molar-refractivity contribution >= 4 is 11.8 Å². The van der Waals surface area contributed by atoms with Gasteiger partial charge in [0.25, 0.3) is 0 Å². The normalized spacial score (nSPS) is 16.2. The number of nitrogens with zero attached hydrogens (tertiary/aromatic N) is 1. The molecule has 1 aliphatic heterocycles. The molecule has 34 heavy (non-hydrogen) atoms. The van der Waals surface area contributed by atoms with Gasteiger partial charge < -0.3 is 14.9 Å². The number of benzene rings is 2. The summed E-state index contributed by atoms with van der Waals surface area (Å²) < 4.78 is 6.16. The minimum atomic E-state index is -0.581. The van der Waals surface area contributed by atoms with Crippen LogP contribution in [0.5, 0.6) is 5.75 Å². The molecule has 5 nitrogen and oxygen atoms in total. The van der Waals surface area contributed by atoms with Crippen LogP contribution in [-0.4, -0.2) is 22.9 Å². The van der Waals surface area contributed by atoms with Gasteiger partial charge in [-0.25, -0.2) is 4.79 Å². The number of anilines is 1. The molecule has 2 N–H and O–H groups in total. The number of aliphatic hydroxyl groups excluding tert-OH is 1. The highest BCUT2D eigenvalue weighted by Gasteiger charge is 2.43. The van der Waals surface area contributed by atoms with Crippen molar-refractivity contribution in [1.29, 1.82) is 0 Å². The number of cyclic esters (lactones) is 1. The number of carbonyl (C=O) groups is 1. The van der Waals surface area contributed by atoms with Crippen LogP contribution < -0.4 is 4.90 Å². The number of hydrogen-bond acceptors (Lipinski definition) is 4. The first-order valence-corrected chi connectivity index (χ1v) is 12.7. The van der Waals surface area contributed by atoms with E-state index in [1.807, 2.05) is 31.2 Å². The van der Waals surface area contributed by atoms with Crippen LogP contribution in [0.25, 0.3) is 0 Å². The third-order valence-corrected chi connectivity index (χ3v) is 7.21. The Bertz CT molecular complexity index is 978. The summed E-state index contributed by atoms with van der Waals surface area (Å²) in [6.07, 6.45) is 4.97. The predicted octanol–water partition coefficient (Wildman–Crippen LogP) is 7.38. The first-order chi connectivity index (χ1) is 16.1. The average molecular weight is 468 g/mol. The zero-order chi connectivity index (χ0) is 24.9. The molecule has 0 saturated carbocycles. The molecule has 0 bridgehead atoms. The second kappa shape index (κ2) is 10.8. The van der Waals surface area contributed by atoms with E-state index in [1.165, 1.54) is 0 Å². The second-order valence-corrected chi connectivity index (χ2v) is 10.5. The number of rotatable bonds is 11. The number of phenols is 1. The number of phenolic OH excluding ortho intramolecular Hbond substituents is 1. The van der Waals surface area contributed by atoms with Gasteiger partial charge in [0.15, 0.2) is 0 Å². The van der Waals surface area contributed by atoms with E-state index < -0.39 is 11.7 Å². The Balaban J connectivity index is 1.69. The molecular formula is C29H41NO4. The SMILES string of the molecule is CCCC1(CCC)OC(=O)N(CCC(C)(C)CCC(O)c2ccc(O)c(C)c2)c2ccccc21. The van der Waals surface area contributed by atoms with E-state index in [9.17, 15) is 15.0 Å². The van der Waals surface area contributed by atoms with Crippen LogP contribution >= 0.6 is 0 Å². The molecule has 5 heteroatoms. The fraction of sp³-hybridized carbons (Fsp3) is 0.552. The van der Waals surface area contributed by atoms with Gasteiger partial charge in [-0.05, 0) is 73.8 Å². The molecule has 186 valence electrons. The number of carbonyl (C=O) groups excluding carboxylic acids is 1. The van der Waals surface area contributed by atoms with E-state index in [0.29, 0.717) is 13.0 Å². The number of aliphatic hydroxyl groups is 1. The molecule has 2 aromatic carbocycles. The van der Waals surface area contributed by atoms with Crippen LogP contribution in [0, 0.1) is 12.3 Å². The summed E-state index contributed by atoms with van der Waals surface area (Å²) in [6, 6.07) is 13.4. The fourth-order valence-electron chi connectivity index (χ4n) is 5.11. The first-order valence-electron chi connectivity index (χ1n) is 12.7. The Labute approximate surface area is 204 Å². The van der Waals surface area contributed by atoms with E-state index in [1.54, 1.807) is 17.0 Å². The molecule has 0 spiro atoms. The van der Waals surface area contributed by atoms with Crippen molar-refractivity contribution < 1.29 is 19.7 Å². The number of ether oxygens (including phenoxy) is 1. The van der Waals surface area contributed by atoms with E-state index in [2.05, 4.69) is 33.8 Å². The lowest BCUT2D eigenvalue weighted by Crippen LogP contribution is -2.47. The highest BCUT2D eigenvalue weighted by molar-refractivity contribution is 5.91. The molecule has 1 aliphatic rings. The van der Waals surface area contributed by atoms with Gasteiger partial charge in [-0.15, -0.1) is 0 Å². The van der Waals surface area contributed by atoms with E-state index in [0.717, 1.165) is 60.9 Å². The van der Waals surface area contributed by atoms with Crippen LogP contribution in [0.4, 0.5) is 10.5 Å². The Morgan fingerprint density at radius 2 is 1.74 bits per heavy atom. The lowest BCUT2D eigenvalue weighted by molar-refractivity contribution is -0.00990. The van der Waals surface area contributed by atoms with Gasteiger partial charge in [0.1, 0.15) is 11.4 Å². The second-order valence-electron chi connectivity index (χ2n) is 10.5. The van der Waals surface area contributed by atoms with Gasteiger partial charge in [0.2, 0.25) is 0 Å². The van der Waals surface area contributed by atoms with Crippen LogP contribution in [0.1, 0.15) is 95.4 Å². The number of amides is 1. The van der Waals surface area contributed by atoms with Crippen LogP contribution in [0.3, 0.4) is 0 Å². The van der Waals surface area contributed by atoms with E-state index in [4.69, 9.17) is 4.74 Å². The Morgan fingerprint density at radius 3 is 2.38 bits per heavy atom. The van der Waals surface area contributed by atoms with Crippen molar-refractivity contribution in [1.82, 2.24) is 0 Å². The summed E-state index contributed by atoms with van der Waals surface area (Å²) in [5.74, 6) is 0.242. The number of aromatic hydroxyl groups is 1. The van der Waals surface area contributed by atoms with Gasteiger partial charge >= 0.3 is 6.09 Å². The van der Waals surface area contributed by atoms with Gasteiger partial charge in [-0.2, -0.15) is 0 Å².